The molecule has 1 unspecified atom stereocenters. The smallest absolute Gasteiger partial charge is 0.262 e. The summed E-state index contributed by atoms with van der Waals surface area (Å²) < 4.78 is 1.68. The number of thioether (sulfide) groups is 1. The lowest BCUT2D eigenvalue weighted by atomic mass is 9.99. The van der Waals surface area contributed by atoms with Crippen molar-refractivity contribution < 1.29 is 4.79 Å². The highest BCUT2D eigenvalue weighted by molar-refractivity contribution is 8.00. The van der Waals surface area contributed by atoms with Crippen LogP contribution in [0.5, 0.6) is 0 Å². The Bertz CT molecular complexity index is 1050. The Hall–Kier alpha value is -2.11. The minimum atomic E-state index is -0.135. The number of benzene rings is 2. The number of fused-ring (bicyclic) bond motifs is 1. The van der Waals surface area contributed by atoms with E-state index in [1.54, 1.807) is 22.8 Å². The molecule has 1 aliphatic carbocycles. The fourth-order valence-corrected chi connectivity index (χ4v) is 4.75. The first-order chi connectivity index (χ1) is 13.1. The van der Waals surface area contributed by atoms with Crippen molar-refractivity contribution in [2.75, 3.05) is 0 Å². The maximum absolute atomic E-state index is 13.2. The second-order valence-electron chi connectivity index (χ2n) is 6.75. The second-order valence-corrected chi connectivity index (χ2v) is 8.36. The lowest BCUT2D eigenvalue weighted by Gasteiger charge is -2.21. The van der Waals surface area contributed by atoms with Gasteiger partial charge >= 0.3 is 0 Å². The van der Waals surface area contributed by atoms with E-state index in [4.69, 9.17) is 16.6 Å². The molecule has 4 nitrogen and oxygen atoms in total. The van der Waals surface area contributed by atoms with Crippen molar-refractivity contribution >= 4 is 40.0 Å². The highest BCUT2D eigenvalue weighted by atomic mass is 35.5. The third kappa shape index (κ3) is 3.94. The van der Waals surface area contributed by atoms with Gasteiger partial charge in [-0.1, -0.05) is 60.1 Å². The van der Waals surface area contributed by atoms with Crippen LogP contribution in [0, 0.1) is 0 Å². The Kier molecular flexibility index (Phi) is 5.32. The Morgan fingerprint density at radius 3 is 2.70 bits per heavy atom. The molecule has 138 valence electrons. The molecule has 0 amide bonds. The molecule has 0 N–H and O–H groups in total. The average molecular weight is 399 g/mol. The molecule has 1 aromatic heterocycles. The number of halogens is 1. The molecular formula is C21H19ClN2O2S. The molecule has 0 saturated heterocycles. The quantitative estimate of drug-likeness (QED) is 0.597. The highest BCUT2D eigenvalue weighted by Crippen LogP contribution is 2.31. The van der Waals surface area contributed by atoms with Crippen LogP contribution in [0.25, 0.3) is 10.9 Å². The zero-order valence-electron chi connectivity index (χ0n) is 14.7. The number of ketones is 1. The maximum Gasteiger partial charge on any atom is 0.262 e. The number of hydrogen-bond donors (Lipinski definition) is 0. The second kappa shape index (κ2) is 7.87. The third-order valence-electron chi connectivity index (χ3n) is 4.81. The van der Waals surface area contributed by atoms with Crippen LogP contribution in [0.2, 0.25) is 5.02 Å². The van der Waals surface area contributed by atoms with Crippen LogP contribution < -0.4 is 5.56 Å². The topological polar surface area (TPSA) is 52.0 Å². The van der Waals surface area contributed by atoms with E-state index in [0.717, 1.165) is 24.8 Å². The van der Waals surface area contributed by atoms with Crippen LogP contribution in [0.3, 0.4) is 0 Å². The van der Waals surface area contributed by atoms with Gasteiger partial charge in [-0.3, -0.25) is 14.2 Å². The third-order valence-corrected chi connectivity index (χ3v) is 6.35. The standard InChI is InChI=1S/C21H19ClN2O2S/c22-15-10-11-16-17(12-15)23-21(27-19-9-5-4-8-18(19)25)24(20(16)26)13-14-6-2-1-3-7-14/h1-3,6-7,10-12,19H,4-5,8-9,13H2. The van der Waals surface area contributed by atoms with Gasteiger partial charge in [-0.25, -0.2) is 4.98 Å². The van der Waals surface area contributed by atoms with Gasteiger partial charge in [0.05, 0.1) is 22.7 Å². The van der Waals surface area contributed by atoms with Crippen molar-refractivity contribution in [3.8, 4) is 0 Å². The average Bonchev–Trinajstić information content (AvgIpc) is 2.67. The molecule has 1 saturated carbocycles. The summed E-state index contributed by atoms with van der Waals surface area (Å²) in [6, 6.07) is 14.9. The molecule has 1 aliphatic rings. The number of hydrogen-bond acceptors (Lipinski definition) is 4. The van der Waals surface area contributed by atoms with Crippen molar-refractivity contribution in [1.82, 2.24) is 9.55 Å². The van der Waals surface area contributed by atoms with Crippen LogP contribution in [-0.4, -0.2) is 20.6 Å². The minimum absolute atomic E-state index is 0.105. The van der Waals surface area contributed by atoms with E-state index < -0.39 is 0 Å². The first-order valence-electron chi connectivity index (χ1n) is 9.05. The number of Topliss-reactive ketones (excluding diaryl/α,β-unsaturated/α-hetero) is 1. The number of carbonyl (C=O) groups is 1. The number of rotatable bonds is 4. The van der Waals surface area contributed by atoms with Crippen molar-refractivity contribution in [2.45, 2.75) is 42.6 Å². The summed E-state index contributed by atoms with van der Waals surface area (Å²) in [6.45, 7) is 0.425. The van der Waals surface area contributed by atoms with Crippen molar-refractivity contribution in [3.05, 3.63) is 69.5 Å². The normalized spacial score (nSPS) is 17.4. The summed E-state index contributed by atoms with van der Waals surface area (Å²) in [7, 11) is 0. The van der Waals surface area contributed by atoms with Gasteiger partial charge in [0, 0.05) is 11.4 Å². The monoisotopic (exact) mass is 398 g/mol. The lowest BCUT2D eigenvalue weighted by Crippen LogP contribution is -2.27. The van der Waals surface area contributed by atoms with Gasteiger partial charge < -0.3 is 0 Å². The molecule has 2 aromatic carbocycles. The summed E-state index contributed by atoms with van der Waals surface area (Å²) in [5.41, 5.74) is 1.49. The fourth-order valence-electron chi connectivity index (χ4n) is 3.37. The molecule has 0 bridgehead atoms. The predicted octanol–water partition coefficient (Wildman–Crippen LogP) is 4.70. The van der Waals surface area contributed by atoms with Gasteiger partial charge in [0.1, 0.15) is 5.78 Å². The van der Waals surface area contributed by atoms with Crippen LogP contribution in [0.15, 0.2) is 58.5 Å². The van der Waals surface area contributed by atoms with E-state index in [2.05, 4.69) is 0 Å². The lowest BCUT2D eigenvalue weighted by molar-refractivity contribution is -0.119. The first-order valence-corrected chi connectivity index (χ1v) is 10.3. The molecule has 0 aliphatic heterocycles. The Labute approximate surface area is 166 Å². The van der Waals surface area contributed by atoms with E-state index >= 15 is 0 Å². The maximum atomic E-state index is 13.2. The highest BCUT2D eigenvalue weighted by Gasteiger charge is 2.25. The molecule has 1 heterocycles. The van der Waals surface area contributed by atoms with Gasteiger partial charge in [-0.2, -0.15) is 0 Å². The van der Waals surface area contributed by atoms with Gasteiger partial charge in [0.25, 0.3) is 5.56 Å². The predicted molar refractivity (Wildman–Crippen MR) is 110 cm³/mol. The molecule has 0 radical (unpaired) electrons. The Morgan fingerprint density at radius 2 is 1.93 bits per heavy atom. The zero-order chi connectivity index (χ0) is 18.8. The van der Waals surface area contributed by atoms with E-state index in [1.807, 2.05) is 30.3 Å². The Morgan fingerprint density at radius 1 is 1.11 bits per heavy atom. The van der Waals surface area contributed by atoms with Crippen LogP contribution in [0.4, 0.5) is 0 Å². The van der Waals surface area contributed by atoms with Gasteiger partial charge in [0.2, 0.25) is 0 Å². The van der Waals surface area contributed by atoms with Crippen molar-refractivity contribution in [1.29, 1.82) is 0 Å². The molecule has 1 fully saturated rings. The first kappa shape index (κ1) is 18.3. The summed E-state index contributed by atoms with van der Waals surface area (Å²) in [5.74, 6) is 0.248. The SMILES string of the molecule is O=C1CCCCC1Sc1nc2cc(Cl)ccc2c(=O)n1Cc1ccccc1. The van der Waals surface area contributed by atoms with E-state index in [0.29, 0.717) is 34.0 Å². The summed E-state index contributed by atoms with van der Waals surface area (Å²) >= 11 is 7.51. The van der Waals surface area contributed by atoms with Crippen molar-refractivity contribution in [2.24, 2.45) is 0 Å². The largest absolute Gasteiger partial charge is 0.298 e. The molecule has 0 spiro atoms. The zero-order valence-corrected chi connectivity index (χ0v) is 16.3. The van der Waals surface area contributed by atoms with Gasteiger partial charge in [-0.05, 0) is 36.6 Å². The summed E-state index contributed by atoms with van der Waals surface area (Å²) in [6.07, 6.45) is 3.43. The molecule has 3 aromatic rings. The minimum Gasteiger partial charge on any atom is -0.298 e. The van der Waals surface area contributed by atoms with Gasteiger partial charge in [0.15, 0.2) is 5.16 Å². The molecule has 6 heteroatoms. The van der Waals surface area contributed by atoms with E-state index in [1.165, 1.54) is 11.8 Å². The molecule has 4 rings (SSSR count). The number of carbonyl (C=O) groups excluding carboxylic acids is 1. The molecule has 1 atom stereocenters. The van der Waals surface area contributed by atoms with Crippen LogP contribution in [0.1, 0.15) is 31.2 Å². The van der Waals surface area contributed by atoms with E-state index in [9.17, 15) is 9.59 Å². The molecular weight excluding hydrogens is 380 g/mol. The van der Waals surface area contributed by atoms with Gasteiger partial charge in [-0.15, -0.1) is 0 Å². The summed E-state index contributed by atoms with van der Waals surface area (Å²) in [5, 5.41) is 1.53. The number of aromatic nitrogens is 2. The van der Waals surface area contributed by atoms with E-state index in [-0.39, 0.29) is 16.6 Å². The molecule has 27 heavy (non-hydrogen) atoms. The van der Waals surface area contributed by atoms with Crippen LogP contribution >= 0.6 is 23.4 Å². The Balaban J connectivity index is 1.81. The fraction of sp³-hybridized carbons (Fsp3) is 0.286. The summed E-state index contributed by atoms with van der Waals surface area (Å²) in [4.78, 5) is 30.2. The van der Waals surface area contributed by atoms with Crippen molar-refractivity contribution in [3.63, 3.8) is 0 Å². The number of nitrogens with zero attached hydrogens (tertiary/aromatic N) is 2. The van der Waals surface area contributed by atoms with Crippen LogP contribution in [-0.2, 0) is 11.3 Å².